The molecule has 28 heavy (non-hydrogen) atoms. The molecule has 5 N–H and O–H groups in total. The Labute approximate surface area is 161 Å². The van der Waals surface area contributed by atoms with Crippen LogP contribution >= 0.6 is 0 Å². The second-order valence-electron chi connectivity index (χ2n) is 6.59. The third kappa shape index (κ3) is 4.39. The molecule has 0 bridgehead atoms. The first-order chi connectivity index (χ1) is 13.4. The predicted octanol–water partition coefficient (Wildman–Crippen LogP) is 0.368. The zero-order valence-corrected chi connectivity index (χ0v) is 14.9. The van der Waals surface area contributed by atoms with Gasteiger partial charge in [0.15, 0.2) is 6.29 Å². The third-order valence-electron chi connectivity index (χ3n) is 4.65. The summed E-state index contributed by atoms with van der Waals surface area (Å²) < 4.78 is 10.9. The summed E-state index contributed by atoms with van der Waals surface area (Å²) in [5, 5.41) is 47.8. The van der Waals surface area contributed by atoms with E-state index in [-0.39, 0.29) is 12.2 Å². The van der Waals surface area contributed by atoms with Gasteiger partial charge in [0.1, 0.15) is 24.4 Å². The fourth-order valence-corrected chi connectivity index (χ4v) is 3.03. The number of carbonyl (C=O) groups is 1. The van der Waals surface area contributed by atoms with Crippen molar-refractivity contribution >= 4 is 5.97 Å². The van der Waals surface area contributed by atoms with E-state index in [1.807, 2.05) is 18.2 Å². The molecule has 8 nitrogen and oxygen atoms in total. The van der Waals surface area contributed by atoms with Crippen molar-refractivity contribution < 1.29 is 39.8 Å². The second kappa shape index (κ2) is 8.78. The van der Waals surface area contributed by atoms with Crippen molar-refractivity contribution in [3.63, 3.8) is 0 Å². The van der Waals surface area contributed by atoms with Crippen molar-refractivity contribution in [3.05, 3.63) is 59.7 Å². The number of carboxylic acid groups (broad SMARTS) is 1. The Morgan fingerprint density at radius 2 is 1.68 bits per heavy atom. The van der Waals surface area contributed by atoms with Crippen molar-refractivity contribution in [2.24, 2.45) is 0 Å². The minimum absolute atomic E-state index is 0.0593. The lowest BCUT2D eigenvalue weighted by Crippen LogP contribution is -2.59. The number of ether oxygens (including phenoxy) is 2. The van der Waals surface area contributed by atoms with Crippen LogP contribution in [0.4, 0.5) is 0 Å². The average Bonchev–Trinajstić information content (AvgIpc) is 2.72. The van der Waals surface area contributed by atoms with E-state index < -0.39 is 43.3 Å². The quantitative estimate of drug-likeness (QED) is 0.477. The van der Waals surface area contributed by atoms with Gasteiger partial charge in [0.25, 0.3) is 0 Å². The molecular formula is C20H22O8. The van der Waals surface area contributed by atoms with Crippen LogP contribution in [-0.2, 0) is 16.1 Å². The van der Waals surface area contributed by atoms with Gasteiger partial charge in [-0.2, -0.15) is 0 Å². The Kier molecular flexibility index (Phi) is 6.40. The molecule has 8 heteroatoms. The van der Waals surface area contributed by atoms with E-state index in [2.05, 4.69) is 0 Å². The molecule has 0 saturated carbocycles. The minimum atomic E-state index is -1.49. The SMILES string of the molecule is O=C(O)c1ccc(-c2cccc(CO[C@H]3O[C@H](CO)[C@@H](O)[C@H](O)[C@@H]3O)c2)cc1. The number of aliphatic hydroxyl groups is 4. The Hall–Kier alpha value is -2.33. The minimum Gasteiger partial charge on any atom is -0.478 e. The highest BCUT2D eigenvalue weighted by Crippen LogP contribution is 2.25. The Morgan fingerprint density at radius 3 is 2.32 bits per heavy atom. The first-order valence-corrected chi connectivity index (χ1v) is 8.75. The van der Waals surface area contributed by atoms with Crippen molar-refractivity contribution in [3.8, 4) is 11.1 Å². The zero-order chi connectivity index (χ0) is 20.3. The van der Waals surface area contributed by atoms with Crippen LogP contribution in [0.1, 0.15) is 15.9 Å². The Morgan fingerprint density at radius 1 is 0.964 bits per heavy atom. The topological polar surface area (TPSA) is 137 Å². The van der Waals surface area contributed by atoms with Crippen LogP contribution < -0.4 is 0 Å². The molecule has 2 aromatic rings. The number of rotatable bonds is 6. The fraction of sp³-hybridized carbons (Fsp3) is 0.350. The largest absolute Gasteiger partial charge is 0.478 e. The molecule has 1 heterocycles. The van der Waals surface area contributed by atoms with Crippen molar-refractivity contribution in [1.29, 1.82) is 0 Å². The molecule has 1 fully saturated rings. The summed E-state index contributed by atoms with van der Waals surface area (Å²) in [4.78, 5) is 11.0. The van der Waals surface area contributed by atoms with E-state index in [4.69, 9.17) is 14.6 Å². The molecule has 0 aromatic heterocycles. The van der Waals surface area contributed by atoms with E-state index in [1.54, 1.807) is 18.2 Å². The lowest BCUT2D eigenvalue weighted by Gasteiger charge is -2.39. The van der Waals surface area contributed by atoms with Crippen LogP contribution in [0.3, 0.4) is 0 Å². The van der Waals surface area contributed by atoms with Gasteiger partial charge in [-0.3, -0.25) is 0 Å². The van der Waals surface area contributed by atoms with Crippen molar-refractivity contribution in [2.75, 3.05) is 6.61 Å². The van der Waals surface area contributed by atoms with Crippen LogP contribution in [0, 0.1) is 0 Å². The standard InChI is InChI=1S/C20H22O8/c21-9-15-16(22)17(23)18(24)20(28-15)27-10-11-2-1-3-14(8-11)12-4-6-13(7-5-12)19(25)26/h1-8,15-18,20-24H,9-10H2,(H,25,26)/t15-,16-,17+,18+,20+/m1/s1. The summed E-state index contributed by atoms with van der Waals surface area (Å²) in [6.07, 6.45) is -6.60. The number of benzene rings is 2. The lowest BCUT2D eigenvalue weighted by molar-refractivity contribution is -0.304. The number of carboxylic acids is 1. The maximum atomic E-state index is 11.0. The molecule has 0 aliphatic carbocycles. The molecule has 150 valence electrons. The van der Waals surface area contributed by atoms with Gasteiger partial charge in [0, 0.05) is 0 Å². The van der Waals surface area contributed by atoms with Gasteiger partial charge < -0.3 is 35.0 Å². The van der Waals surface area contributed by atoms with Gasteiger partial charge >= 0.3 is 5.97 Å². The van der Waals surface area contributed by atoms with Gasteiger partial charge in [-0.05, 0) is 34.9 Å². The van der Waals surface area contributed by atoms with Crippen molar-refractivity contribution in [1.82, 2.24) is 0 Å². The Bertz CT molecular complexity index is 804. The van der Waals surface area contributed by atoms with Crippen LogP contribution in [-0.4, -0.2) is 68.8 Å². The van der Waals surface area contributed by atoms with Crippen LogP contribution in [0.25, 0.3) is 11.1 Å². The molecule has 5 atom stereocenters. The average molecular weight is 390 g/mol. The Balaban J connectivity index is 1.68. The van der Waals surface area contributed by atoms with E-state index in [0.29, 0.717) is 0 Å². The molecular weight excluding hydrogens is 368 g/mol. The highest BCUT2D eigenvalue weighted by atomic mass is 16.7. The number of aliphatic hydroxyl groups excluding tert-OH is 4. The molecule has 1 saturated heterocycles. The summed E-state index contributed by atoms with van der Waals surface area (Å²) in [5.41, 5.74) is 2.65. The molecule has 3 rings (SSSR count). The van der Waals surface area contributed by atoms with Crippen molar-refractivity contribution in [2.45, 2.75) is 37.3 Å². The molecule has 0 radical (unpaired) electrons. The smallest absolute Gasteiger partial charge is 0.335 e. The molecule has 0 unspecified atom stereocenters. The molecule has 1 aliphatic rings. The monoisotopic (exact) mass is 390 g/mol. The first kappa shape index (κ1) is 20.4. The van der Waals surface area contributed by atoms with E-state index in [9.17, 15) is 25.2 Å². The number of aromatic carboxylic acids is 1. The van der Waals surface area contributed by atoms with Crippen LogP contribution in [0.15, 0.2) is 48.5 Å². The molecule has 2 aromatic carbocycles. The number of hydrogen-bond donors (Lipinski definition) is 5. The van der Waals surface area contributed by atoms with Gasteiger partial charge in [-0.1, -0.05) is 30.3 Å². The number of hydrogen-bond acceptors (Lipinski definition) is 7. The van der Waals surface area contributed by atoms with Gasteiger partial charge in [-0.25, -0.2) is 4.79 Å². The fourth-order valence-electron chi connectivity index (χ4n) is 3.03. The third-order valence-corrected chi connectivity index (χ3v) is 4.65. The summed E-state index contributed by atoms with van der Waals surface area (Å²) >= 11 is 0. The first-order valence-electron chi connectivity index (χ1n) is 8.75. The normalized spacial score (nSPS) is 27.5. The van der Waals surface area contributed by atoms with E-state index >= 15 is 0 Å². The summed E-state index contributed by atoms with van der Waals surface area (Å²) in [6.45, 7) is -0.462. The van der Waals surface area contributed by atoms with Gasteiger partial charge in [-0.15, -0.1) is 0 Å². The lowest BCUT2D eigenvalue weighted by atomic mass is 9.99. The maximum absolute atomic E-state index is 11.0. The summed E-state index contributed by atoms with van der Waals surface area (Å²) in [7, 11) is 0. The van der Waals surface area contributed by atoms with Gasteiger partial charge in [0.2, 0.25) is 0 Å². The summed E-state index contributed by atoms with van der Waals surface area (Å²) in [5.74, 6) is -0.992. The molecule has 1 aliphatic heterocycles. The predicted molar refractivity (Wildman–Crippen MR) is 97.4 cm³/mol. The molecule has 0 spiro atoms. The highest BCUT2D eigenvalue weighted by Gasteiger charge is 2.43. The zero-order valence-electron chi connectivity index (χ0n) is 14.9. The molecule has 0 amide bonds. The van der Waals surface area contributed by atoms with E-state index in [1.165, 1.54) is 12.1 Å². The highest BCUT2D eigenvalue weighted by molar-refractivity contribution is 5.88. The summed E-state index contributed by atoms with van der Waals surface area (Å²) in [6, 6.07) is 13.8. The maximum Gasteiger partial charge on any atom is 0.335 e. The van der Waals surface area contributed by atoms with Crippen LogP contribution in [0.2, 0.25) is 0 Å². The second-order valence-corrected chi connectivity index (χ2v) is 6.59. The van der Waals surface area contributed by atoms with Gasteiger partial charge in [0.05, 0.1) is 18.8 Å². The van der Waals surface area contributed by atoms with Crippen LogP contribution in [0.5, 0.6) is 0 Å². The van der Waals surface area contributed by atoms with E-state index in [0.717, 1.165) is 16.7 Å².